The molecule has 1 aliphatic carbocycles. The Bertz CT molecular complexity index is 918. The van der Waals surface area contributed by atoms with Crippen molar-refractivity contribution in [3.05, 3.63) is 51.0 Å². The Labute approximate surface area is 156 Å². The molecule has 1 aliphatic rings. The van der Waals surface area contributed by atoms with E-state index in [0.717, 1.165) is 34.9 Å². The van der Waals surface area contributed by atoms with Gasteiger partial charge in [0.05, 0.1) is 18.1 Å². The van der Waals surface area contributed by atoms with E-state index in [2.05, 4.69) is 4.74 Å². The van der Waals surface area contributed by atoms with E-state index < -0.39 is 17.7 Å². The number of carbonyl (C=O) groups is 3. The van der Waals surface area contributed by atoms with Gasteiger partial charge in [-0.1, -0.05) is 17.8 Å². The quantitative estimate of drug-likeness (QED) is 0.597. The van der Waals surface area contributed by atoms with Gasteiger partial charge in [0.15, 0.2) is 17.5 Å². The Hall–Kier alpha value is -2.65. The van der Waals surface area contributed by atoms with Crippen LogP contribution < -0.4 is 0 Å². The maximum atomic E-state index is 12.8. The number of hydrogen-bond acceptors (Lipinski definition) is 6. The summed E-state index contributed by atoms with van der Waals surface area (Å²) in [5.74, 6) is -3.10. The van der Waals surface area contributed by atoms with E-state index in [9.17, 15) is 19.6 Å². The van der Waals surface area contributed by atoms with Gasteiger partial charge >= 0.3 is 5.97 Å². The number of ketones is 2. The lowest BCUT2D eigenvalue weighted by Crippen LogP contribution is -2.29. The highest BCUT2D eigenvalue weighted by molar-refractivity contribution is 8.04. The van der Waals surface area contributed by atoms with E-state index in [1.807, 2.05) is 32.0 Å². The molecule has 0 bridgehead atoms. The summed E-state index contributed by atoms with van der Waals surface area (Å²) in [5, 5.41) is 9.43. The summed E-state index contributed by atoms with van der Waals surface area (Å²) in [6.07, 6.45) is 0. The van der Waals surface area contributed by atoms with Crippen molar-refractivity contribution >= 4 is 29.3 Å². The number of rotatable bonds is 4. The predicted molar refractivity (Wildman–Crippen MR) is 98.3 cm³/mol. The highest BCUT2D eigenvalue weighted by Gasteiger charge is 2.39. The third kappa shape index (κ3) is 3.49. The second-order valence-electron chi connectivity index (χ2n) is 6.08. The van der Waals surface area contributed by atoms with Gasteiger partial charge in [0.2, 0.25) is 0 Å². The molecule has 5 nitrogen and oxygen atoms in total. The Morgan fingerprint density at radius 1 is 1.08 bits per heavy atom. The number of carbonyl (C=O) groups excluding carboxylic acids is 3. The summed E-state index contributed by atoms with van der Waals surface area (Å²) in [7, 11) is 1.15. The molecule has 1 aromatic carbocycles. The molecule has 26 heavy (non-hydrogen) atoms. The van der Waals surface area contributed by atoms with Gasteiger partial charge in [-0.15, -0.1) is 0 Å². The first kappa shape index (κ1) is 19.7. The molecule has 1 atom stereocenters. The Morgan fingerprint density at radius 2 is 1.69 bits per heavy atom. The third-order valence-electron chi connectivity index (χ3n) is 4.49. The molecule has 6 heteroatoms. The SMILES string of the molecule is COC(=O)C(C#N)C1=C(Sc2ccc(C)c(C)c2)C(=O)C(C)=C(C)C1=O. The molecule has 0 fully saturated rings. The molecule has 0 saturated heterocycles. The van der Waals surface area contributed by atoms with Crippen molar-refractivity contribution in [2.24, 2.45) is 5.92 Å². The van der Waals surface area contributed by atoms with Crippen molar-refractivity contribution in [3.8, 4) is 6.07 Å². The fourth-order valence-electron chi connectivity index (χ4n) is 2.55. The van der Waals surface area contributed by atoms with Gasteiger partial charge in [0.1, 0.15) is 0 Å². The molecule has 1 unspecified atom stereocenters. The van der Waals surface area contributed by atoms with Crippen molar-refractivity contribution in [1.82, 2.24) is 0 Å². The zero-order valence-corrected chi connectivity index (χ0v) is 16.1. The largest absolute Gasteiger partial charge is 0.468 e. The second kappa shape index (κ2) is 7.71. The van der Waals surface area contributed by atoms with E-state index in [4.69, 9.17) is 0 Å². The average molecular weight is 369 g/mol. The Balaban J connectivity index is 2.64. The average Bonchev–Trinajstić information content (AvgIpc) is 2.63. The van der Waals surface area contributed by atoms with Gasteiger partial charge in [0, 0.05) is 21.6 Å². The highest BCUT2D eigenvalue weighted by atomic mass is 32.2. The first-order chi connectivity index (χ1) is 12.2. The summed E-state index contributed by atoms with van der Waals surface area (Å²) >= 11 is 1.10. The van der Waals surface area contributed by atoms with Crippen LogP contribution in [0.5, 0.6) is 0 Å². The van der Waals surface area contributed by atoms with Crippen LogP contribution in [0.4, 0.5) is 0 Å². The van der Waals surface area contributed by atoms with Crippen LogP contribution in [0.25, 0.3) is 0 Å². The van der Waals surface area contributed by atoms with Gasteiger partial charge in [-0.2, -0.15) is 5.26 Å². The van der Waals surface area contributed by atoms with E-state index >= 15 is 0 Å². The van der Waals surface area contributed by atoms with Crippen LogP contribution in [0.1, 0.15) is 25.0 Å². The molecule has 0 aromatic heterocycles. The molecule has 0 heterocycles. The van der Waals surface area contributed by atoms with Crippen molar-refractivity contribution < 1.29 is 19.1 Å². The molecule has 0 saturated carbocycles. The topological polar surface area (TPSA) is 84.2 Å². The molecule has 0 N–H and O–H groups in total. The summed E-state index contributed by atoms with van der Waals surface area (Å²) in [4.78, 5) is 38.5. The normalized spacial score (nSPS) is 15.8. The monoisotopic (exact) mass is 369 g/mol. The minimum Gasteiger partial charge on any atom is -0.468 e. The van der Waals surface area contributed by atoms with Crippen molar-refractivity contribution in [2.45, 2.75) is 32.6 Å². The lowest BCUT2D eigenvalue weighted by molar-refractivity contribution is -0.143. The van der Waals surface area contributed by atoms with E-state index in [-0.39, 0.29) is 21.8 Å². The van der Waals surface area contributed by atoms with E-state index in [0.29, 0.717) is 5.57 Å². The molecular weight excluding hydrogens is 350 g/mol. The van der Waals surface area contributed by atoms with Gasteiger partial charge < -0.3 is 4.74 Å². The fraction of sp³-hybridized carbons (Fsp3) is 0.300. The smallest absolute Gasteiger partial charge is 0.327 e. The lowest BCUT2D eigenvalue weighted by Gasteiger charge is -2.22. The fourth-order valence-corrected chi connectivity index (χ4v) is 3.72. The van der Waals surface area contributed by atoms with Crippen LogP contribution in [0.2, 0.25) is 0 Å². The predicted octanol–water partition coefficient (Wildman–Crippen LogP) is 3.45. The molecule has 1 aromatic rings. The van der Waals surface area contributed by atoms with Crippen LogP contribution in [-0.4, -0.2) is 24.6 Å². The molecular formula is C20H19NO4S. The van der Waals surface area contributed by atoms with Crippen molar-refractivity contribution in [3.63, 3.8) is 0 Å². The zero-order chi connectivity index (χ0) is 19.6. The summed E-state index contributed by atoms with van der Waals surface area (Å²) in [6, 6.07) is 7.47. The molecule has 0 amide bonds. The standard InChI is InChI=1S/C20H19NO4S/c1-10-6-7-14(8-11(10)2)26-19-16(15(9-21)20(24)25-5)17(22)12(3)13(4)18(19)23/h6-8,15H,1-5H3. The zero-order valence-electron chi connectivity index (χ0n) is 15.3. The minimum absolute atomic E-state index is 0.101. The molecule has 134 valence electrons. The number of methoxy groups -OCH3 is 1. The number of nitrogens with zero attached hydrogens (tertiary/aromatic N) is 1. The van der Waals surface area contributed by atoms with Crippen molar-refractivity contribution in [2.75, 3.05) is 7.11 Å². The van der Waals surface area contributed by atoms with E-state index in [1.54, 1.807) is 13.0 Å². The number of esters is 1. The van der Waals surface area contributed by atoms with Crippen LogP contribution in [-0.2, 0) is 19.1 Å². The highest BCUT2D eigenvalue weighted by Crippen LogP contribution is 2.39. The molecule has 0 aliphatic heterocycles. The summed E-state index contributed by atoms with van der Waals surface area (Å²) < 4.78 is 4.65. The first-order valence-electron chi connectivity index (χ1n) is 7.96. The number of Topliss-reactive ketones (excluding diaryl/α,β-unsaturated/α-hetero) is 2. The summed E-state index contributed by atoms with van der Waals surface area (Å²) in [6.45, 7) is 7.03. The van der Waals surface area contributed by atoms with Crippen LogP contribution in [0.15, 0.2) is 44.7 Å². The first-order valence-corrected chi connectivity index (χ1v) is 8.78. The Kier molecular flexibility index (Phi) is 5.83. The molecule has 0 radical (unpaired) electrons. The summed E-state index contributed by atoms with van der Waals surface area (Å²) in [5.41, 5.74) is 2.62. The maximum Gasteiger partial charge on any atom is 0.327 e. The van der Waals surface area contributed by atoms with E-state index in [1.165, 1.54) is 6.92 Å². The maximum absolute atomic E-state index is 12.8. The van der Waals surface area contributed by atoms with Gasteiger partial charge in [-0.3, -0.25) is 14.4 Å². The van der Waals surface area contributed by atoms with Crippen molar-refractivity contribution in [1.29, 1.82) is 5.26 Å². The molecule has 0 spiro atoms. The number of thioether (sulfide) groups is 1. The third-order valence-corrected chi connectivity index (χ3v) is 5.59. The number of allylic oxidation sites excluding steroid dienone is 3. The number of benzene rings is 1. The van der Waals surface area contributed by atoms with Gasteiger partial charge in [0.25, 0.3) is 0 Å². The van der Waals surface area contributed by atoms with Gasteiger partial charge in [-0.25, -0.2) is 0 Å². The number of ether oxygens (including phenoxy) is 1. The lowest BCUT2D eigenvalue weighted by atomic mass is 9.84. The molecule has 2 rings (SSSR count). The minimum atomic E-state index is -1.44. The number of hydrogen-bond donors (Lipinski definition) is 0. The number of aryl methyl sites for hydroxylation is 2. The van der Waals surface area contributed by atoms with Gasteiger partial charge in [-0.05, 0) is 51.0 Å². The second-order valence-corrected chi connectivity index (χ2v) is 7.17. The van der Waals surface area contributed by atoms with Crippen LogP contribution >= 0.6 is 11.8 Å². The Morgan fingerprint density at radius 3 is 2.23 bits per heavy atom. The number of nitriles is 1. The van der Waals surface area contributed by atoms with Crippen LogP contribution in [0.3, 0.4) is 0 Å². The van der Waals surface area contributed by atoms with Crippen LogP contribution in [0, 0.1) is 31.1 Å².